The second kappa shape index (κ2) is 5.86. The van der Waals surface area contributed by atoms with E-state index < -0.39 is 11.9 Å². The van der Waals surface area contributed by atoms with Crippen LogP contribution in [0.4, 0.5) is 0 Å². The average Bonchev–Trinajstić information content (AvgIpc) is 2.77. The van der Waals surface area contributed by atoms with Crippen molar-refractivity contribution in [1.29, 1.82) is 0 Å². The first-order valence-corrected chi connectivity index (χ1v) is 7.11. The molecule has 0 spiro atoms. The van der Waals surface area contributed by atoms with Gasteiger partial charge in [-0.3, -0.25) is 19.4 Å². The molecule has 2 heterocycles. The van der Waals surface area contributed by atoms with E-state index in [1.54, 1.807) is 0 Å². The Labute approximate surface area is 127 Å². The van der Waals surface area contributed by atoms with Crippen molar-refractivity contribution in [3.63, 3.8) is 0 Å². The maximum atomic E-state index is 12.3. The van der Waals surface area contributed by atoms with Gasteiger partial charge in [0, 0.05) is 26.2 Å². The average molecular weight is 304 g/mol. The van der Waals surface area contributed by atoms with Gasteiger partial charge in [-0.15, -0.1) is 0 Å². The fourth-order valence-electron chi connectivity index (χ4n) is 2.69. The fraction of sp³-hybridized carbons (Fsp3) is 0.400. The number of carbonyl (C=O) groups is 3. The van der Waals surface area contributed by atoms with Crippen LogP contribution in [0, 0.1) is 0 Å². The minimum atomic E-state index is -1.12. The number of carboxylic acid groups (broad SMARTS) is 1. The van der Waals surface area contributed by atoms with Crippen molar-refractivity contribution in [2.45, 2.75) is 0 Å². The van der Waals surface area contributed by atoms with Crippen LogP contribution in [0.5, 0.6) is 0 Å². The molecule has 0 saturated carbocycles. The van der Waals surface area contributed by atoms with Crippen molar-refractivity contribution < 1.29 is 24.2 Å². The first kappa shape index (κ1) is 14.7. The third-order valence-corrected chi connectivity index (χ3v) is 3.96. The van der Waals surface area contributed by atoms with Gasteiger partial charge in [-0.25, -0.2) is 4.79 Å². The molecule has 0 radical (unpaired) electrons. The van der Waals surface area contributed by atoms with Crippen LogP contribution in [0.1, 0.15) is 31.1 Å². The SMILES string of the molecule is O=C(O)c1ccc2c(c1)C(=O)N(CCN1CCOCC1)C2=O. The highest BCUT2D eigenvalue weighted by Gasteiger charge is 2.36. The molecular formula is C15H16N2O5. The monoisotopic (exact) mass is 304 g/mol. The Kier molecular flexibility index (Phi) is 3.91. The normalized spacial score (nSPS) is 18.6. The number of carbonyl (C=O) groups excluding carboxylic acids is 2. The number of imide groups is 1. The van der Waals surface area contributed by atoms with E-state index in [0.717, 1.165) is 13.1 Å². The molecule has 1 aromatic carbocycles. The number of amides is 2. The predicted octanol–water partition coefficient (Wildman–Crippen LogP) is 0.313. The lowest BCUT2D eigenvalue weighted by Crippen LogP contribution is -2.42. The van der Waals surface area contributed by atoms with E-state index >= 15 is 0 Å². The topological polar surface area (TPSA) is 87.2 Å². The summed E-state index contributed by atoms with van der Waals surface area (Å²) in [5.74, 6) is -1.89. The zero-order chi connectivity index (χ0) is 15.7. The zero-order valence-electron chi connectivity index (χ0n) is 11.9. The number of nitrogens with zero attached hydrogens (tertiary/aromatic N) is 2. The summed E-state index contributed by atoms with van der Waals surface area (Å²) < 4.78 is 5.26. The van der Waals surface area contributed by atoms with Crippen LogP contribution >= 0.6 is 0 Å². The molecule has 1 N–H and O–H groups in total. The van der Waals surface area contributed by atoms with Crippen LogP contribution in [0.25, 0.3) is 0 Å². The molecule has 1 aromatic rings. The predicted molar refractivity (Wildman–Crippen MR) is 76.0 cm³/mol. The molecule has 1 fully saturated rings. The number of aromatic carboxylic acids is 1. The van der Waals surface area contributed by atoms with Crippen molar-refractivity contribution in [2.24, 2.45) is 0 Å². The minimum Gasteiger partial charge on any atom is -0.478 e. The van der Waals surface area contributed by atoms with Gasteiger partial charge in [0.15, 0.2) is 0 Å². The molecular weight excluding hydrogens is 288 g/mol. The standard InChI is InChI=1S/C15H16N2O5/c18-13-11-2-1-10(15(20)21)9-12(11)14(19)17(13)4-3-16-5-7-22-8-6-16/h1-2,9H,3-8H2,(H,20,21). The molecule has 22 heavy (non-hydrogen) atoms. The van der Waals surface area contributed by atoms with E-state index in [2.05, 4.69) is 4.90 Å². The lowest BCUT2D eigenvalue weighted by Gasteiger charge is -2.27. The summed E-state index contributed by atoms with van der Waals surface area (Å²) in [6, 6.07) is 4.03. The summed E-state index contributed by atoms with van der Waals surface area (Å²) in [6.45, 7) is 3.78. The zero-order valence-corrected chi connectivity index (χ0v) is 11.9. The van der Waals surface area contributed by atoms with Gasteiger partial charge < -0.3 is 9.84 Å². The van der Waals surface area contributed by atoms with Gasteiger partial charge >= 0.3 is 5.97 Å². The van der Waals surface area contributed by atoms with Crippen molar-refractivity contribution in [3.05, 3.63) is 34.9 Å². The molecule has 2 aliphatic rings. The van der Waals surface area contributed by atoms with Gasteiger partial charge in [-0.2, -0.15) is 0 Å². The van der Waals surface area contributed by atoms with E-state index in [1.807, 2.05) is 0 Å². The second-order valence-electron chi connectivity index (χ2n) is 5.28. The molecule has 1 saturated heterocycles. The van der Waals surface area contributed by atoms with Gasteiger partial charge in [0.05, 0.1) is 29.9 Å². The highest BCUT2D eigenvalue weighted by atomic mass is 16.5. The Morgan fingerprint density at radius 1 is 1.09 bits per heavy atom. The molecule has 7 heteroatoms. The molecule has 116 valence electrons. The molecule has 0 atom stereocenters. The van der Waals surface area contributed by atoms with E-state index in [0.29, 0.717) is 26.3 Å². The van der Waals surface area contributed by atoms with Gasteiger partial charge in [-0.05, 0) is 18.2 Å². The summed E-state index contributed by atoms with van der Waals surface area (Å²) in [6.07, 6.45) is 0. The minimum absolute atomic E-state index is 0.00919. The summed E-state index contributed by atoms with van der Waals surface area (Å²) in [5, 5.41) is 8.98. The van der Waals surface area contributed by atoms with Gasteiger partial charge in [0.2, 0.25) is 0 Å². The van der Waals surface area contributed by atoms with Crippen LogP contribution in [0.2, 0.25) is 0 Å². The third-order valence-electron chi connectivity index (χ3n) is 3.96. The van der Waals surface area contributed by atoms with Crippen molar-refractivity contribution in [3.8, 4) is 0 Å². The number of hydrogen-bond donors (Lipinski definition) is 1. The molecule has 0 aromatic heterocycles. The van der Waals surface area contributed by atoms with E-state index in [9.17, 15) is 14.4 Å². The smallest absolute Gasteiger partial charge is 0.335 e. The molecule has 2 amide bonds. The Hall–Kier alpha value is -2.25. The summed E-state index contributed by atoms with van der Waals surface area (Å²) in [4.78, 5) is 38.9. The van der Waals surface area contributed by atoms with Crippen LogP contribution in [0.3, 0.4) is 0 Å². The fourth-order valence-corrected chi connectivity index (χ4v) is 2.69. The number of morpholine rings is 1. The summed E-state index contributed by atoms with van der Waals surface area (Å²) >= 11 is 0. The van der Waals surface area contributed by atoms with Gasteiger partial charge in [-0.1, -0.05) is 0 Å². The van der Waals surface area contributed by atoms with Crippen LogP contribution in [0.15, 0.2) is 18.2 Å². The van der Waals surface area contributed by atoms with Crippen LogP contribution < -0.4 is 0 Å². The van der Waals surface area contributed by atoms with Gasteiger partial charge in [0.1, 0.15) is 0 Å². The molecule has 3 rings (SSSR count). The second-order valence-corrected chi connectivity index (χ2v) is 5.28. The summed E-state index contributed by atoms with van der Waals surface area (Å²) in [7, 11) is 0. The number of rotatable bonds is 4. The maximum Gasteiger partial charge on any atom is 0.335 e. The molecule has 2 aliphatic heterocycles. The van der Waals surface area contributed by atoms with E-state index in [1.165, 1.54) is 23.1 Å². The Balaban J connectivity index is 1.73. The van der Waals surface area contributed by atoms with Crippen molar-refractivity contribution in [1.82, 2.24) is 9.80 Å². The third kappa shape index (κ3) is 2.60. The van der Waals surface area contributed by atoms with Crippen molar-refractivity contribution >= 4 is 17.8 Å². The first-order valence-electron chi connectivity index (χ1n) is 7.11. The van der Waals surface area contributed by atoms with Crippen LogP contribution in [-0.4, -0.2) is 72.1 Å². The molecule has 0 bridgehead atoms. The Morgan fingerprint density at radius 2 is 1.77 bits per heavy atom. The van der Waals surface area contributed by atoms with Gasteiger partial charge in [0.25, 0.3) is 11.8 Å². The Morgan fingerprint density at radius 3 is 2.45 bits per heavy atom. The van der Waals surface area contributed by atoms with E-state index in [-0.39, 0.29) is 22.6 Å². The lowest BCUT2D eigenvalue weighted by atomic mass is 10.1. The number of benzene rings is 1. The number of fused-ring (bicyclic) bond motifs is 1. The highest BCUT2D eigenvalue weighted by molar-refractivity contribution is 6.21. The molecule has 0 aliphatic carbocycles. The number of ether oxygens (including phenoxy) is 1. The quantitative estimate of drug-likeness (QED) is 0.806. The molecule has 7 nitrogen and oxygen atoms in total. The number of hydrogen-bond acceptors (Lipinski definition) is 5. The van der Waals surface area contributed by atoms with Crippen molar-refractivity contribution in [2.75, 3.05) is 39.4 Å². The first-order chi connectivity index (χ1) is 10.6. The molecule has 0 unspecified atom stereocenters. The van der Waals surface area contributed by atoms with E-state index in [4.69, 9.17) is 9.84 Å². The number of carboxylic acids is 1. The maximum absolute atomic E-state index is 12.3. The largest absolute Gasteiger partial charge is 0.478 e. The summed E-state index contributed by atoms with van der Waals surface area (Å²) in [5.41, 5.74) is 0.457. The lowest BCUT2D eigenvalue weighted by molar-refractivity contribution is 0.0325. The Bertz CT molecular complexity index is 637. The highest BCUT2D eigenvalue weighted by Crippen LogP contribution is 2.24. The van der Waals surface area contributed by atoms with Crippen LogP contribution in [-0.2, 0) is 4.74 Å².